The molecule has 1 aromatic rings. The van der Waals surface area contributed by atoms with E-state index in [0.717, 1.165) is 17.7 Å². The summed E-state index contributed by atoms with van der Waals surface area (Å²) in [6.45, 7) is 6.49. The summed E-state index contributed by atoms with van der Waals surface area (Å²) in [5.41, 5.74) is 8.84. The molecule has 1 aliphatic carbocycles. The summed E-state index contributed by atoms with van der Waals surface area (Å²) in [4.78, 5) is 0. The highest BCUT2D eigenvalue weighted by Gasteiger charge is 2.59. The van der Waals surface area contributed by atoms with Crippen molar-refractivity contribution in [3.63, 3.8) is 0 Å². The van der Waals surface area contributed by atoms with Gasteiger partial charge >= 0.3 is 0 Å². The van der Waals surface area contributed by atoms with Crippen molar-refractivity contribution in [2.45, 2.75) is 32.7 Å². The molecule has 0 bridgehead atoms. The summed E-state index contributed by atoms with van der Waals surface area (Å²) in [7, 11) is 1.70. The predicted octanol–water partition coefficient (Wildman–Crippen LogP) is 2.59. The number of benzene rings is 1. The van der Waals surface area contributed by atoms with Crippen LogP contribution in [0.2, 0.25) is 0 Å². The van der Waals surface area contributed by atoms with Crippen LogP contribution in [0.15, 0.2) is 18.2 Å². The van der Waals surface area contributed by atoms with E-state index in [0.29, 0.717) is 0 Å². The van der Waals surface area contributed by atoms with Gasteiger partial charge in [0.1, 0.15) is 5.75 Å². The molecule has 0 radical (unpaired) electrons. The molecule has 0 spiro atoms. The molecule has 1 fully saturated rings. The van der Waals surface area contributed by atoms with E-state index >= 15 is 0 Å². The molecule has 1 saturated carbocycles. The molecule has 2 nitrogen and oxygen atoms in total. The van der Waals surface area contributed by atoms with E-state index in [9.17, 15) is 0 Å². The van der Waals surface area contributed by atoms with Crippen LogP contribution in [0.5, 0.6) is 5.75 Å². The Hall–Kier alpha value is -1.02. The van der Waals surface area contributed by atoms with E-state index in [1.165, 1.54) is 5.56 Å². The molecule has 2 heteroatoms. The summed E-state index contributed by atoms with van der Waals surface area (Å²) >= 11 is 0. The summed E-state index contributed by atoms with van der Waals surface area (Å²) in [5, 5.41) is 0. The SMILES string of the molecule is COc1ccc(C2(N)CC2(C)C)cc1C. The molecule has 0 aliphatic heterocycles. The second-order valence-electron chi connectivity index (χ2n) is 5.22. The molecule has 1 aromatic carbocycles. The van der Waals surface area contributed by atoms with Gasteiger partial charge in [-0.2, -0.15) is 0 Å². The number of hydrogen-bond donors (Lipinski definition) is 1. The van der Waals surface area contributed by atoms with Crippen molar-refractivity contribution >= 4 is 0 Å². The first kappa shape index (κ1) is 10.5. The first-order chi connectivity index (χ1) is 6.90. The zero-order valence-corrected chi connectivity index (χ0v) is 9.92. The molecule has 2 N–H and O–H groups in total. The van der Waals surface area contributed by atoms with E-state index in [1.807, 2.05) is 6.07 Å². The van der Waals surface area contributed by atoms with E-state index in [4.69, 9.17) is 10.5 Å². The number of methoxy groups -OCH3 is 1. The fraction of sp³-hybridized carbons (Fsp3) is 0.538. The molecule has 1 aliphatic rings. The number of hydrogen-bond acceptors (Lipinski definition) is 2. The summed E-state index contributed by atoms with van der Waals surface area (Å²) < 4.78 is 5.24. The largest absolute Gasteiger partial charge is 0.496 e. The maximum Gasteiger partial charge on any atom is 0.121 e. The number of ether oxygens (including phenoxy) is 1. The molecule has 0 aromatic heterocycles. The van der Waals surface area contributed by atoms with Crippen molar-refractivity contribution in [3.05, 3.63) is 29.3 Å². The first-order valence-electron chi connectivity index (χ1n) is 5.35. The Kier molecular flexibility index (Phi) is 2.09. The average molecular weight is 205 g/mol. The minimum absolute atomic E-state index is 0.135. The second kappa shape index (κ2) is 2.99. The summed E-state index contributed by atoms with van der Waals surface area (Å²) in [5.74, 6) is 0.931. The molecule has 0 heterocycles. The Morgan fingerprint density at radius 1 is 1.33 bits per heavy atom. The monoisotopic (exact) mass is 205 g/mol. The number of aryl methyl sites for hydroxylation is 1. The van der Waals surface area contributed by atoms with Crippen LogP contribution >= 0.6 is 0 Å². The maximum atomic E-state index is 6.37. The summed E-state index contributed by atoms with van der Waals surface area (Å²) in [6.07, 6.45) is 1.06. The van der Waals surface area contributed by atoms with Crippen LogP contribution in [0.4, 0.5) is 0 Å². The zero-order chi connectivity index (χ0) is 11.3. The van der Waals surface area contributed by atoms with Gasteiger partial charge in [0, 0.05) is 5.54 Å². The molecule has 0 amide bonds. The zero-order valence-electron chi connectivity index (χ0n) is 9.92. The van der Waals surface area contributed by atoms with Crippen molar-refractivity contribution in [2.75, 3.05) is 7.11 Å². The Morgan fingerprint density at radius 3 is 2.33 bits per heavy atom. The standard InChI is InChI=1S/C13H19NO/c1-9-7-10(5-6-11(9)15-4)13(14)8-12(13,2)3/h5-7H,8,14H2,1-4H3. The van der Waals surface area contributed by atoms with E-state index < -0.39 is 0 Å². The lowest BCUT2D eigenvalue weighted by atomic mass is 9.95. The van der Waals surface area contributed by atoms with E-state index in [2.05, 4.69) is 32.9 Å². The molecule has 0 saturated heterocycles. The minimum atomic E-state index is -0.135. The molecular weight excluding hydrogens is 186 g/mol. The Morgan fingerprint density at radius 2 is 1.93 bits per heavy atom. The second-order valence-corrected chi connectivity index (χ2v) is 5.22. The molecule has 1 atom stereocenters. The van der Waals surface area contributed by atoms with Gasteiger partial charge in [-0.1, -0.05) is 26.0 Å². The van der Waals surface area contributed by atoms with Crippen LogP contribution in [-0.4, -0.2) is 7.11 Å². The fourth-order valence-electron chi connectivity index (χ4n) is 2.30. The lowest BCUT2D eigenvalue weighted by Gasteiger charge is -2.17. The van der Waals surface area contributed by atoms with Crippen molar-refractivity contribution in [2.24, 2.45) is 11.1 Å². The number of nitrogens with two attached hydrogens (primary N) is 1. The normalized spacial score (nSPS) is 27.5. The lowest BCUT2D eigenvalue weighted by molar-refractivity contribution is 0.411. The lowest BCUT2D eigenvalue weighted by Crippen LogP contribution is -2.25. The van der Waals surface area contributed by atoms with Gasteiger partial charge < -0.3 is 10.5 Å². The van der Waals surface area contributed by atoms with Gasteiger partial charge in [0.15, 0.2) is 0 Å². The van der Waals surface area contributed by atoms with Crippen LogP contribution in [0.25, 0.3) is 0 Å². The van der Waals surface area contributed by atoms with Gasteiger partial charge in [0.2, 0.25) is 0 Å². The van der Waals surface area contributed by atoms with Gasteiger partial charge in [-0.25, -0.2) is 0 Å². The van der Waals surface area contributed by atoms with Crippen molar-refractivity contribution in [1.82, 2.24) is 0 Å². The predicted molar refractivity (Wildman–Crippen MR) is 62.0 cm³/mol. The third kappa shape index (κ3) is 1.44. The highest BCUT2D eigenvalue weighted by Crippen LogP contribution is 2.60. The Labute approximate surface area is 91.4 Å². The van der Waals surface area contributed by atoms with Crippen LogP contribution in [-0.2, 0) is 5.54 Å². The third-order valence-corrected chi connectivity index (χ3v) is 3.71. The molecule has 1 unspecified atom stereocenters. The highest BCUT2D eigenvalue weighted by molar-refractivity contribution is 5.43. The fourth-order valence-corrected chi connectivity index (χ4v) is 2.30. The maximum absolute atomic E-state index is 6.37. The van der Waals surface area contributed by atoms with Crippen molar-refractivity contribution in [3.8, 4) is 5.75 Å². The Balaban J connectivity index is 2.37. The smallest absolute Gasteiger partial charge is 0.121 e. The minimum Gasteiger partial charge on any atom is -0.496 e. The quantitative estimate of drug-likeness (QED) is 0.805. The van der Waals surface area contributed by atoms with Gasteiger partial charge in [0.25, 0.3) is 0 Å². The third-order valence-electron chi connectivity index (χ3n) is 3.71. The van der Waals surface area contributed by atoms with Crippen LogP contribution in [0.3, 0.4) is 0 Å². The van der Waals surface area contributed by atoms with Crippen molar-refractivity contribution < 1.29 is 4.74 Å². The summed E-state index contributed by atoms with van der Waals surface area (Å²) in [6, 6.07) is 6.24. The molecule has 2 rings (SSSR count). The highest BCUT2D eigenvalue weighted by atomic mass is 16.5. The topological polar surface area (TPSA) is 35.2 Å². The molecule has 15 heavy (non-hydrogen) atoms. The van der Waals surface area contributed by atoms with Gasteiger partial charge in [-0.05, 0) is 36.0 Å². The average Bonchev–Trinajstić information content (AvgIpc) is 2.67. The molecule has 82 valence electrons. The van der Waals surface area contributed by atoms with Crippen molar-refractivity contribution in [1.29, 1.82) is 0 Å². The van der Waals surface area contributed by atoms with Gasteiger partial charge in [-0.3, -0.25) is 0 Å². The first-order valence-corrected chi connectivity index (χ1v) is 5.35. The molecular formula is C13H19NO. The Bertz CT molecular complexity index is 398. The van der Waals surface area contributed by atoms with Crippen LogP contribution < -0.4 is 10.5 Å². The number of rotatable bonds is 2. The van der Waals surface area contributed by atoms with Crippen LogP contribution in [0, 0.1) is 12.3 Å². The van der Waals surface area contributed by atoms with Crippen LogP contribution in [0.1, 0.15) is 31.4 Å². The van der Waals surface area contributed by atoms with E-state index in [1.54, 1.807) is 7.11 Å². The van der Waals surface area contributed by atoms with Gasteiger partial charge in [0.05, 0.1) is 7.11 Å². The van der Waals surface area contributed by atoms with Gasteiger partial charge in [-0.15, -0.1) is 0 Å². The van der Waals surface area contributed by atoms with E-state index in [-0.39, 0.29) is 11.0 Å².